The average Bonchev–Trinajstić information content (AvgIpc) is 3.03. The fourth-order valence-electron chi connectivity index (χ4n) is 3.34. The zero-order chi connectivity index (χ0) is 14.7. The molecule has 5 heteroatoms. The lowest BCUT2D eigenvalue weighted by atomic mass is 10.0. The van der Waals surface area contributed by atoms with Crippen molar-refractivity contribution in [3.8, 4) is 0 Å². The van der Waals surface area contributed by atoms with Gasteiger partial charge in [-0.25, -0.2) is 4.98 Å². The molecule has 3 rings (SSSR count). The molecule has 1 aliphatic heterocycles. The molecule has 0 aromatic carbocycles. The topological polar surface area (TPSA) is 32.6 Å². The highest BCUT2D eigenvalue weighted by molar-refractivity contribution is 7.15. The first-order valence-corrected chi connectivity index (χ1v) is 9.06. The molecule has 21 heavy (non-hydrogen) atoms. The van der Waals surface area contributed by atoms with Crippen molar-refractivity contribution in [2.75, 3.05) is 13.1 Å². The van der Waals surface area contributed by atoms with E-state index in [1.165, 1.54) is 31.4 Å². The first-order valence-electron chi connectivity index (χ1n) is 8.18. The van der Waals surface area contributed by atoms with Crippen molar-refractivity contribution >= 4 is 16.3 Å². The molecule has 3 heterocycles. The number of rotatable bonds is 6. The van der Waals surface area contributed by atoms with Crippen LogP contribution in [0, 0.1) is 0 Å². The van der Waals surface area contributed by atoms with Gasteiger partial charge in [-0.15, -0.1) is 11.3 Å². The van der Waals surface area contributed by atoms with Gasteiger partial charge in [0.25, 0.3) is 0 Å². The van der Waals surface area contributed by atoms with Gasteiger partial charge in [-0.2, -0.15) is 0 Å². The largest absolute Gasteiger partial charge is 0.311 e. The SMILES string of the molecule is CCCC1CN(Cc2cn3ccsc3n2)C(CCC)CN1. The van der Waals surface area contributed by atoms with Gasteiger partial charge in [-0.1, -0.05) is 26.7 Å². The molecule has 1 aliphatic rings. The van der Waals surface area contributed by atoms with E-state index in [4.69, 9.17) is 4.98 Å². The Hall–Kier alpha value is -0.910. The van der Waals surface area contributed by atoms with Crippen molar-refractivity contribution in [2.24, 2.45) is 0 Å². The van der Waals surface area contributed by atoms with Gasteiger partial charge < -0.3 is 5.32 Å². The third kappa shape index (κ3) is 3.47. The molecule has 4 nitrogen and oxygen atoms in total. The van der Waals surface area contributed by atoms with Crippen molar-refractivity contribution in [3.63, 3.8) is 0 Å². The second kappa shape index (κ2) is 6.90. The normalized spacial score (nSPS) is 23.9. The maximum Gasteiger partial charge on any atom is 0.193 e. The van der Waals surface area contributed by atoms with Gasteiger partial charge in [-0.05, 0) is 12.8 Å². The number of nitrogens with one attached hydrogen (secondary N) is 1. The summed E-state index contributed by atoms with van der Waals surface area (Å²) in [6.07, 6.45) is 9.33. The molecule has 1 fully saturated rings. The number of fused-ring (bicyclic) bond motifs is 1. The summed E-state index contributed by atoms with van der Waals surface area (Å²) in [6.45, 7) is 7.82. The number of piperazine rings is 1. The first kappa shape index (κ1) is 15.0. The van der Waals surface area contributed by atoms with E-state index < -0.39 is 0 Å². The summed E-state index contributed by atoms with van der Waals surface area (Å²) in [5.74, 6) is 0. The van der Waals surface area contributed by atoms with Crippen LogP contribution < -0.4 is 5.32 Å². The van der Waals surface area contributed by atoms with E-state index in [0.717, 1.165) is 24.6 Å². The smallest absolute Gasteiger partial charge is 0.193 e. The van der Waals surface area contributed by atoms with Crippen molar-refractivity contribution in [2.45, 2.75) is 58.2 Å². The highest BCUT2D eigenvalue weighted by atomic mass is 32.1. The highest BCUT2D eigenvalue weighted by Gasteiger charge is 2.27. The summed E-state index contributed by atoms with van der Waals surface area (Å²) in [6, 6.07) is 1.30. The summed E-state index contributed by atoms with van der Waals surface area (Å²) in [4.78, 5) is 8.51. The maximum absolute atomic E-state index is 4.75. The van der Waals surface area contributed by atoms with E-state index in [9.17, 15) is 0 Å². The highest BCUT2D eigenvalue weighted by Crippen LogP contribution is 2.19. The van der Waals surface area contributed by atoms with Gasteiger partial charge in [0.1, 0.15) is 0 Å². The second-order valence-electron chi connectivity index (χ2n) is 6.09. The summed E-state index contributed by atoms with van der Waals surface area (Å²) in [5, 5.41) is 5.82. The second-order valence-corrected chi connectivity index (χ2v) is 6.96. The minimum Gasteiger partial charge on any atom is -0.311 e. The standard InChI is InChI=1S/C16H26N4S/c1-3-5-13-10-20(15(6-4-2)9-17-13)12-14-11-19-7-8-21-16(19)18-14/h7-8,11,13,15,17H,3-6,9-10,12H2,1-2H3. The third-order valence-corrected chi connectivity index (χ3v) is 5.15. The molecule has 0 aliphatic carbocycles. The van der Waals surface area contributed by atoms with E-state index in [-0.39, 0.29) is 0 Å². The lowest BCUT2D eigenvalue weighted by Gasteiger charge is -2.40. The van der Waals surface area contributed by atoms with Crippen LogP contribution in [0.4, 0.5) is 0 Å². The zero-order valence-electron chi connectivity index (χ0n) is 13.1. The van der Waals surface area contributed by atoms with Gasteiger partial charge in [0.05, 0.1) is 5.69 Å². The fourth-order valence-corrected chi connectivity index (χ4v) is 4.06. The summed E-state index contributed by atoms with van der Waals surface area (Å²) in [7, 11) is 0. The molecule has 0 saturated carbocycles. The monoisotopic (exact) mass is 306 g/mol. The molecular weight excluding hydrogens is 280 g/mol. The van der Waals surface area contributed by atoms with Crippen LogP contribution in [0.15, 0.2) is 17.8 Å². The lowest BCUT2D eigenvalue weighted by molar-refractivity contribution is 0.110. The van der Waals surface area contributed by atoms with E-state index in [1.54, 1.807) is 11.3 Å². The Balaban J connectivity index is 1.70. The third-order valence-electron chi connectivity index (χ3n) is 4.38. The van der Waals surface area contributed by atoms with Crippen LogP contribution in [0.2, 0.25) is 0 Å². The van der Waals surface area contributed by atoms with E-state index in [1.807, 2.05) is 0 Å². The predicted molar refractivity (Wildman–Crippen MR) is 88.9 cm³/mol. The molecule has 1 N–H and O–H groups in total. The summed E-state index contributed by atoms with van der Waals surface area (Å²) < 4.78 is 2.14. The number of nitrogens with zero attached hydrogens (tertiary/aromatic N) is 3. The van der Waals surface area contributed by atoms with Crippen LogP contribution in [0.1, 0.15) is 45.2 Å². The molecule has 2 aromatic rings. The van der Waals surface area contributed by atoms with Gasteiger partial charge in [-0.3, -0.25) is 9.30 Å². The molecular formula is C16H26N4S. The van der Waals surface area contributed by atoms with Crippen molar-refractivity contribution < 1.29 is 0 Å². The minimum absolute atomic E-state index is 0.645. The molecule has 0 amide bonds. The number of imidazole rings is 1. The maximum atomic E-state index is 4.75. The van der Waals surface area contributed by atoms with E-state index >= 15 is 0 Å². The van der Waals surface area contributed by atoms with Crippen LogP contribution in [0.5, 0.6) is 0 Å². The predicted octanol–water partition coefficient (Wildman–Crippen LogP) is 3.14. The Morgan fingerprint density at radius 3 is 2.95 bits per heavy atom. The Morgan fingerprint density at radius 1 is 1.33 bits per heavy atom. The average molecular weight is 306 g/mol. The number of thiazole rings is 1. The van der Waals surface area contributed by atoms with Crippen LogP contribution in [0.3, 0.4) is 0 Å². The van der Waals surface area contributed by atoms with Gasteiger partial charge >= 0.3 is 0 Å². The lowest BCUT2D eigenvalue weighted by Crippen LogP contribution is -2.55. The first-order chi connectivity index (χ1) is 10.3. The van der Waals surface area contributed by atoms with Gasteiger partial charge in [0, 0.05) is 49.5 Å². The number of aromatic nitrogens is 2. The molecule has 0 spiro atoms. The van der Waals surface area contributed by atoms with Gasteiger partial charge in [0.15, 0.2) is 4.96 Å². The molecule has 1 saturated heterocycles. The quantitative estimate of drug-likeness (QED) is 0.890. The Labute approximate surface area is 131 Å². The van der Waals surface area contributed by atoms with Crippen LogP contribution in [-0.4, -0.2) is 39.5 Å². The van der Waals surface area contributed by atoms with Crippen LogP contribution in [0.25, 0.3) is 4.96 Å². The van der Waals surface area contributed by atoms with E-state index in [2.05, 4.69) is 46.2 Å². The Bertz CT molecular complexity index is 533. The summed E-state index contributed by atoms with van der Waals surface area (Å²) >= 11 is 1.71. The molecule has 2 aromatic heterocycles. The number of hydrogen-bond acceptors (Lipinski definition) is 4. The van der Waals surface area contributed by atoms with Gasteiger partial charge in [0.2, 0.25) is 0 Å². The molecule has 0 radical (unpaired) electrons. The molecule has 116 valence electrons. The molecule has 0 bridgehead atoms. The number of hydrogen-bond donors (Lipinski definition) is 1. The Morgan fingerprint density at radius 2 is 2.19 bits per heavy atom. The Kier molecular flexibility index (Phi) is 4.93. The molecule has 2 unspecified atom stereocenters. The van der Waals surface area contributed by atoms with Crippen LogP contribution >= 0.6 is 11.3 Å². The van der Waals surface area contributed by atoms with E-state index in [0.29, 0.717) is 12.1 Å². The minimum atomic E-state index is 0.645. The summed E-state index contributed by atoms with van der Waals surface area (Å²) in [5.41, 5.74) is 1.21. The van der Waals surface area contributed by atoms with Crippen molar-refractivity contribution in [3.05, 3.63) is 23.5 Å². The van der Waals surface area contributed by atoms with Crippen molar-refractivity contribution in [1.82, 2.24) is 19.6 Å². The van der Waals surface area contributed by atoms with Crippen LogP contribution in [-0.2, 0) is 6.54 Å². The molecule has 2 atom stereocenters. The fraction of sp³-hybridized carbons (Fsp3) is 0.688. The zero-order valence-corrected chi connectivity index (χ0v) is 13.9. The van der Waals surface area contributed by atoms with Crippen molar-refractivity contribution in [1.29, 1.82) is 0 Å².